The molecule has 80 valence electrons. The van der Waals surface area contributed by atoms with E-state index >= 15 is 0 Å². The molecule has 1 aromatic carbocycles. The third-order valence-corrected chi connectivity index (χ3v) is 3.66. The third kappa shape index (κ3) is 1.63. The number of benzene rings is 1. The van der Waals surface area contributed by atoms with Crippen LogP contribution in [0.1, 0.15) is 29.9 Å². The molecular formula is C13H18N2. The molecular weight excluding hydrogens is 184 g/mol. The highest BCUT2D eigenvalue weighted by Gasteiger charge is 2.21. The van der Waals surface area contributed by atoms with Crippen molar-refractivity contribution >= 4 is 5.69 Å². The zero-order valence-electron chi connectivity index (χ0n) is 9.05. The van der Waals surface area contributed by atoms with Crippen molar-refractivity contribution in [3.8, 4) is 0 Å². The molecule has 0 spiro atoms. The Morgan fingerprint density at radius 2 is 1.93 bits per heavy atom. The summed E-state index contributed by atoms with van der Waals surface area (Å²) in [7, 11) is 0. The lowest BCUT2D eigenvalue weighted by molar-refractivity contribution is 0.461. The van der Waals surface area contributed by atoms with Gasteiger partial charge in [0.25, 0.3) is 0 Å². The standard InChI is InChI=1S/C13H18N2/c1-2-11-6-9-15-13(11)12(3-1)10-4-7-14-8-5-10/h1-3,10,14-15H,4-9H2. The van der Waals surface area contributed by atoms with Gasteiger partial charge in [-0.1, -0.05) is 18.2 Å². The largest absolute Gasteiger partial charge is 0.384 e. The molecule has 2 aliphatic heterocycles. The first-order valence-electron chi connectivity index (χ1n) is 6.01. The van der Waals surface area contributed by atoms with Crippen molar-refractivity contribution in [3.63, 3.8) is 0 Å². The van der Waals surface area contributed by atoms with Crippen LogP contribution in [0.5, 0.6) is 0 Å². The zero-order chi connectivity index (χ0) is 10.1. The van der Waals surface area contributed by atoms with E-state index < -0.39 is 0 Å². The molecule has 2 N–H and O–H groups in total. The van der Waals surface area contributed by atoms with Crippen LogP contribution in [0.25, 0.3) is 0 Å². The summed E-state index contributed by atoms with van der Waals surface area (Å²) in [6, 6.07) is 6.80. The molecule has 2 heteroatoms. The molecule has 0 aliphatic carbocycles. The molecule has 1 aromatic rings. The summed E-state index contributed by atoms with van der Waals surface area (Å²) in [6.07, 6.45) is 3.78. The molecule has 0 saturated carbocycles. The molecule has 0 amide bonds. The number of anilines is 1. The second kappa shape index (κ2) is 3.86. The Bertz CT molecular complexity index is 354. The van der Waals surface area contributed by atoms with Crippen molar-refractivity contribution in [2.45, 2.75) is 25.2 Å². The van der Waals surface area contributed by atoms with E-state index in [2.05, 4.69) is 28.8 Å². The first-order valence-corrected chi connectivity index (χ1v) is 6.01. The fourth-order valence-electron chi connectivity index (χ4n) is 2.84. The monoisotopic (exact) mass is 202 g/mol. The van der Waals surface area contributed by atoms with Crippen molar-refractivity contribution in [1.29, 1.82) is 0 Å². The highest BCUT2D eigenvalue weighted by atomic mass is 14.9. The van der Waals surface area contributed by atoms with Crippen molar-refractivity contribution in [3.05, 3.63) is 29.3 Å². The second-order valence-corrected chi connectivity index (χ2v) is 4.58. The number of nitrogens with one attached hydrogen (secondary N) is 2. The molecule has 0 aromatic heterocycles. The van der Waals surface area contributed by atoms with E-state index in [9.17, 15) is 0 Å². The maximum absolute atomic E-state index is 3.55. The van der Waals surface area contributed by atoms with Crippen molar-refractivity contribution in [2.75, 3.05) is 25.0 Å². The average molecular weight is 202 g/mol. The van der Waals surface area contributed by atoms with Gasteiger partial charge in [0, 0.05) is 12.2 Å². The lowest BCUT2D eigenvalue weighted by Crippen LogP contribution is -2.26. The third-order valence-electron chi connectivity index (χ3n) is 3.66. The van der Waals surface area contributed by atoms with Gasteiger partial charge in [-0.15, -0.1) is 0 Å². The van der Waals surface area contributed by atoms with Crippen LogP contribution in [0.2, 0.25) is 0 Å². The van der Waals surface area contributed by atoms with Gasteiger partial charge >= 0.3 is 0 Å². The Balaban J connectivity index is 1.93. The molecule has 2 nitrogen and oxygen atoms in total. The maximum atomic E-state index is 3.55. The minimum absolute atomic E-state index is 0.770. The molecule has 2 aliphatic rings. The van der Waals surface area contributed by atoms with Crippen LogP contribution in [0, 0.1) is 0 Å². The number of hydrogen-bond donors (Lipinski definition) is 2. The molecule has 2 heterocycles. The number of fused-ring (bicyclic) bond motifs is 1. The molecule has 0 unspecified atom stereocenters. The number of para-hydroxylation sites is 1. The topological polar surface area (TPSA) is 24.1 Å². The Morgan fingerprint density at radius 3 is 2.80 bits per heavy atom. The van der Waals surface area contributed by atoms with Crippen LogP contribution in [-0.4, -0.2) is 19.6 Å². The van der Waals surface area contributed by atoms with E-state index in [1.165, 1.54) is 43.6 Å². The van der Waals surface area contributed by atoms with Crippen LogP contribution >= 0.6 is 0 Å². The second-order valence-electron chi connectivity index (χ2n) is 4.58. The van der Waals surface area contributed by atoms with Crippen LogP contribution in [0.3, 0.4) is 0 Å². The van der Waals surface area contributed by atoms with Gasteiger partial charge in [0.05, 0.1) is 0 Å². The Labute approximate surface area is 91.1 Å². The SMILES string of the molecule is c1cc2c(c(C3CCNCC3)c1)NCC2. The summed E-state index contributed by atoms with van der Waals surface area (Å²) < 4.78 is 0. The van der Waals surface area contributed by atoms with Gasteiger partial charge in [0.15, 0.2) is 0 Å². The lowest BCUT2D eigenvalue weighted by Gasteiger charge is -2.25. The highest BCUT2D eigenvalue weighted by Crippen LogP contribution is 2.35. The fourth-order valence-corrected chi connectivity index (χ4v) is 2.84. The van der Waals surface area contributed by atoms with E-state index in [-0.39, 0.29) is 0 Å². The van der Waals surface area contributed by atoms with Crippen LogP contribution in [0.15, 0.2) is 18.2 Å². The number of piperidine rings is 1. The zero-order valence-corrected chi connectivity index (χ0v) is 9.05. The molecule has 1 saturated heterocycles. The van der Waals surface area contributed by atoms with E-state index in [1.807, 2.05) is 0 Å². The van der Waals surface area contributed by atoms with Crippen LogP contribution in [-0.2, 0) is 6.42 Å². The van der Waals surface area contributed by atoms with E-state index in [1.54, 1.807) is 5.56 Å². The Morgan fingerprint density at radius 1 is 1.07 bits per heavy atom. The van der Waals surface area contributed by atoms with Crippen LogP contribution < -0.4 is 10.6 Å². The van der Waals surface area contributed by atoms with Gasteiger partial charge in [0.1, 0.15) is 0 Å². The number of hydrogen-bond acceptors (Lipinski definition) is 2. The highest BCUT2D eigenvalue weighted by molar-refractivity contribution is 5.62. The first-order chi connectivity index (χ1) is 7.45. The summed E-state index contributed by atoms with van der Waals surface area (Å²) in [5, 5.41) is 6.98. The summed E-state index contributed by atoms with van der Waals surface area (Å²) in [4.78, 5) is 0. The summed E-state index contributed by atoms with van der Waals surface area (Å²) in [5.74, 6) is 0.770. The van der Waals surface area contributed by atoms with Crippen molar-refractivity contribution in [2.24, 2.45) is 0 Å². The Kier molecular flexibility index (Phi) is 2.37. The Hall–Kier alpha value is -1.02. The predicted octanol–water partition coefficient (Wildman–Crippen LogP) is 2.12. The van der Waals surface area contributed by atoms with Crippen molar-refractivity contribution < 1.29 is 0 Å². The molecule has 15 heavy (non-hydrogen) atoms. The van der Waals surface area contributed by atoms with Gasteiger partial charge in [0.2, 0.25) is 0 Å². The predicted molar refractivity (Wildman–Crippen MR) is 63.5 cm³/mol. The van der Waals surface area contributed by atoms with E-state index in [4.69, 9.17) is 0 Å². The minimum atomic E-state index is 0.770. The number of rotatable bonds is 1. The van der Waals surface area contributed by atoms with E-state index in [0.717, 1.165) is 12.5 Å². The molecule has 0 bridgehead atoms. The average Bonchev–Trinajstić information content (AvgIpc) is 2.78. The lowest BCUT2D eigenvalue weighted by atomic mass is 9.88. The quantitative estimate of drug-likeness (QED) is 0.729. The van der Waals surface area contributed by atoms with Crippen molar-refractivity contribution in [1.82, 2.24) is 5.32 Å². The van der Waals surface area contributed by atoms with Crippen LogP contribution in [0.4, 0.5) is 5.69 Å². The maximum Gasteiger partial charge on any atom is 0.0408 e. The smallest absolute Gasteiger partial charge is 0.0408 e. The first kappa shape index (κ1) is 9.22. The molecule has 1 fully saturated rings. The minimum Gasteiger partial charge on any atom is -0.384 e. The summed E-state index contributed by atoms with van der Waals surface area (Å²) >= 11 is 0. The van der Waals surface area contributed by atoms with Gasteiger partial charge < -0.3 is 10.6 Å². The fraction of sp³-hybridized carbons (Fsp3) is 0.538. The van der Waals surface area contributed by atoms with Gasteiger partial charge in [-0.3, -0.25) is 0 Å². The molecule has 0 radical (unpaired) electrons. The van der Waals surface area contributed by atoms with Gasteiger partial charge in [-0.2, -0.15) is 0 Å². The molecule has 0 atom stereocenters. The summed E-state index contributed by atoms with van der Waals surface area (Å²) in [6.45, 7) is 3.47. The molecule has 3 rings (SSSR count). The van der Waals surface area contributed by atoms with Gasteiger partial charge in [-0.25, -0.2) is 0 Å². The van der Waals surface area contributed by atoms with Gasteiger partial charge in [-0.05, 0) is 49.4 Å². The summed E-state index contributed by atoms with van der Waals surface area (Å²) in [5.41, 5.74) is 4.53. The van der Waals surface area contributed by atoms with E-state index in [0.29, 0.717) is 0 Å². The normalized spacial score (nSPS) is 21.1.